The lowest BCUT2D eigenvalue weighted by molar-refractivity contribution is -0.115. The maximum atomic E-state index is 13.1. The zero-order valence-corrected chi connectivity index (χ0v) is 21.8. The van der Waals surface area contributed by atoms with Crippen molar-refractivity contribution >= 4 is 51.4 Å². The summed E-state index contributed by atoms with van der Waals surface area (Å²) in [5.74, 6) is -0.492. The molecule has 5 nitrogen and oxygen atoms in total. The molecule has 4 aromatic rings. The normalized spacial score (nSPS) is 13.0. The van der Waals surface area contributed by atoms with Crippen molar-refractivity contribution < 1.29 is 14.3 Å². The van der Waals surface area contributed by atoms with Crippen molar-refractivity contribution in [3.63, 3.8) is 0 Å². The Labute approximate surface area is 221 Å². The first kappa shape index (κ1) is 25.9. The van der Waals surface area contributed by atoms with Crippen LogP contribution in [-0.4, -0.2) is 29.9 Å². The number of rotatable bonds is 7. The van der Waals surface area contributed by atoms with E-state index in [1.807, 2.05) is 48.5 Å². The molecule has 0 spiro atoms. The van der Waals surface area contributed by atoms with Gasteiger partial charge in [0, 0.05) is 24.5 Å². The number of hydrogen-bond acceptors (Lipinski definition) is 5. The van der Waals surface area contributed by atoms with E-state index < -0.39 is 0 Å². The van der Waals surface area contributed by atoms with Gasteiger partial charge in [0.2, 0.25) is 5.91 Å². The summed E-state index contributed by atoms with van der Waals surface area (Å²) in [6, 6.07) is 24.5. The molecule has 0 atom stereocenters. The van der Waals surface area contributed by atoms with E-state index in [1.165, 1.54) is 16.9 Å². The Morgan fingerprint density at radius 2 is 1.75 bits per heavy atom. The molecule has 1 aliphatic rings. The van der Waals surface area contributed by atoms with Crippen molar-refractivity contribution in [2.24, 2.45) is 0 Å². The Hall–Kier alpha value is -3.19. The molecule has 1 aromatic heterocycles. The van der Waals surface area contributed by atoms with Crippen LogP contribution in [0.5, 0.6) is 0 Å². The number of nitrogens with one attached hydrogen (secondary N) is 1. The third-order valence-corrected chi connectivity index (χ3v) is 7.48. The first-order valence-corrected chi connectivity index (χ1v) is 12.8. The van der Waals surface area contributed by atoms with Crippen LogP contribution in [-0.2, 0) is 35.5 Å². The van der Waals surface area contributed by atoms with Gasteiger partial charge in [0.15, 0.2) is 0 Å². The number of carbonyl (C=O) groups excluding carboxylic acids is 2. The summed E-state index contributed by atoms with van der Waals surface area (Å²) in [4.78, 5) is 29.5. The molecule has 186 valence electrons. The molecule has 1 N–H and O–H groups in total. The van der Waals surface area contributed by atoms with Gasteiger partial charge >= 0.3 is 5.97 Å². The van der Waals surface area contributed by atoms with Crippen LogP contribution < -0.4 is 5.32 Å². The minimum atomic E-state index is -0.359. The lowest BCUT2D eigenvalue weighted by Crippen LogP contribution is -2.30. The summed E-state index contributed by atoms with van der Waals surface area (Å²) in [5.41, 5.74) is 3.77. The number of anilines is 1. The number of nitrogens with zero attached hydrogens (tertiary/aromatic N) is 1. The first-order valence-electron chi connectivity index (χ1n) is 12.0. The van der Waals surface area contributed by atoms with Crippen molar-refractivity contribution in [1.82, 2.24) is 4.90 Å². The van der Waals surface area contributed by atoms with Crippen molar-refractivity contribution in [2.75, 3.05) is 18.5 Å². The summed E-state index contributed by atoms with van der Waals surface area (Å²) in [6.07, 6.45) is 0.998. The molecule has 0 bridgehead atoms. The molecule has 1 amide bonds. The van der Waals surface area contributed by atoms with Gasteiger partial charge in [-0.2, -0.15) is 0 Å². The van der Waals surface area contributed by atoms with Crippen molar-refractivity contribution in [1.29, 1.82) is 0 Å². The molecule has 1 aliphatic heterocycles. The quantitative estimate of drug-likeness (QED) is 0.293. The number of amides is 1. The Kier molecular flexibility index (Phi) is 8.41. The Balaban J connectivity index is 0.00000304. The number of esters is 1. The van der Waals surface area contributed by atoms with Gasteiger partial charge in [-0.1, -0.05) is 72.8 Å². The van der Waals surface area contributed by atoms with Gasteiger partial charge in [-0.3, -0.25) is 9.69 Å². The van der Waals surface area contributed by atoms with Crippen LogP contribution in [0, 0.1) is 0 Å². The predicted molar refractivity (Wildman–Crippen MR) is 148 cm³/mol. The maximum Gasteiger partial charge on any atom is 0.341 e. The van der Waals surface area contributed by atoms with Crippen LogP contribution in [0.4, 0.5) is 5.00 Å². The van der Waals surface area contributed by atoms with Gasteiger partial charge in [0.25, 0.3) is 0 Å². The number of ether oxygens (including phenoxy) is 1. The fraction of sp³-hybridized carbons (Fsp3) is 0.241. The molecule has 7 heteroatoms. The molecule has 0 saturated carbocycles. The third-order valence-electron chi connectivity index (χ3n) is 6.35. The van der Waals surface area contributed by atoms with E-state index in [4.69, 9.17) is 4.74 Å². The Morgan fingerprint density at radius 3 is 2.56 bits per heavy atom. The maximum absolute atomic E-state index is 13.1. The smallest absolute Gasteiger partial charge is 0.341 e. The first-order chi connectivity index (χ1) is 17.1. The molecular weight excluding hydrogens is 492 g/mol. The molecule has 0 saturated heterocycles. The average Bonchev–Trinajstić information content (AvgIpc) is 3.22. The SMILES string of the molecule is CCOC(=O)c1c(NC(=O)Cc2cccc3ccccc23)sc2c1CCN(Cc1ccccc1)C2.Cl. The molecule has 36 heavy (non-hydrogen) atoms. The molecule has 0 unspecified atom stereocenters. The second-order valence-electron chi connectivity index (χ2n) is 8.74. The zero-order chi connectivity index (χ0) is 24.2. The molecule has 0 radical (unpaired) electrons. The second kappa shape index (κ2) is 11.7. The van der Waals surface area contributed by atoms with Gasteiger partial charge in [-0.25, -0.2) is 4.79 Å². The second-order valence-corrected chi connectivity index (χ2v) is 9.84. The average molecular weight is 521 g/mol. The fourth-order valence-electron chi connectivity index (χ4n) is 4.73. The third kappa shape index (κ3) is 5.62. The van der Waals surface area contributed by atoms with E-state index in [9.17, 15) is 9.59 Å². The van der Waals surface area contributed by atoms with Crippen LogP contribution in [0.1, 0.15) is 38.8 Å². The molecule has 3 aromatic carbocycles. The van der Waals surface area contributed by atoms with E-state index in [0.717, 1.165) is 52.8 Å². The summed E-state index contributed by atoms with van der Waals surface area (Å²) in [7, 11) is 0. The monoisotopic (exact) mass is 520 g/mol. The van der Waals surface area contributed by atoms with E-state index in [1.54, 1.807) is 6.92 Å². The van der Waals surface area contributed by atoms with E-state index in [-0.39, 0.29) is 30.7 Å². The van der Waals surface area contributed by atoms with Crippen molar-refractivity contribution in [3.8, 4) is 0 Å². The predicted octanol–water partition coefficient (Wildman–Crippen LogP) is 6.24. The van der Waals surface area contributed by atoms with Crippen LogP contribution >= 0.6 is 23.7 Å². The minimum Gasteiger partial charge on any atom is -0.462 e. The topological polar surface area (TPSA) is 58.6 Å². The number of fused-ring (bicyclic) bond motifs is 2. The summed E-state index contributed by atoms with van der Waals surface area (Å²) in [6.45, 7) is 4.56. The number of hydrogen-bond donors (Lipinski definition) is 1. The number of halogens is 1. The lowest BCUT2D eigenvalue weighted by Gasteiger charge is -2.27. The molecule has 0 fully saturated rings. The van der Waals surface area contributed by atoms with Crippen LogP contribution in [0.3, 0.4) is 0 Å². The van der Waals surface area contributed by atoms with Crippen molar-refractivity contribution in [2.45, 2.75) is 32.9 Å². The van der Waals surface area contributed by atoms with Crippen LogP contribution in [0.25, 0.3) is 10.8 Å². The Bertz CT molecular complexity index is 1360. The van der Waals surface area contributed by atoms with Crippen molar-refractivity contribution in [3.05, 3.63) is 99.9 Å². The molecule has 5 rings (SSSR count). The number of benzene rings is 3. The highest BCUT2D eigenvalue weighted by molar-refractivity contribution is 7.17. The standard InChI is InChI=1S/C29H28N2O3S.ClH/c1-2-34-29(33)27-24-15-16-31(18-20-9-4-3-5-10-20)19-25(24)35-28(27)30-26(32)17-22-13-8-12-21-11-6-7-14-23(21)22;/h3-14H,2,15-19H2,1H3,(H,30,32);1H. The minimum absolute atomic E-state index is 0. The largest absolute Gasteiger partial charge is 0.462 e. The number of thiophene rings is 1. The van der Waals surface area contributed by atoms with Gasteiger partial charge < -0.3 is 10.1 Å². The van der Waals surface area contributed by atoms with E-state index in [2.05, 4.69) is 34.5 Å². The molecule has 2 heterocycles. The van der Waals surface area contributed by atoms with Gasteiger partial charge in [-0.05, 0) is 40.8 Å². The van der Waals surface area contributed by atoms with E-state index >= 15 is 0 Å². The van der Waals surface area contributed by atoms with Crippen LogP contribution in [0.2, 0.25) is 0 Å². The summed E-state index contributed by atoms with van der Waals surface area (Å²) >= 11 is 1.50. The van der Waals surface area contributed by atoms with Gasteiger partial charge in [-0.15, -0.1) is 23.7 Å². The summed E-state index contributed by atoms with van der Waals surface area (Å²) < 4.78 is 5.38. The fourth-order valence-corrected chi connectivity index (χ4v) is 6.02. The summed E-state index contributed by atoms with van der Waals surface area (Å²) in [5, 5.41) is 5.82. The zero-order valence-electron chi connectivity index (χ0n) is 20.2. The van der Waals surface area contributed by atoms with E-state index in [0.29, 0.717) is 17.2 Å². The van der Waals surface area contributed by atoms with Crippen LogP contribution in [0.15, 0.2) is 72.8 Å². The van der Waals surface area contributed by atoms with Gasteiger partial charge in [0.1, 0.15) is 5.00 Å². The molecular formula is C29H29ClN2O3S. The Morgan fingerprint density at radius 1 is 1.00 bits per heavy atom. The highest BCUT2D eigenvalue weighted by atomic mass is 35.5. The lowest BCUT2D eigenvalue weighted by atomic mass is 10.0. The number of carbonyl (C=O) groups is 2. The highest BCUT2D eigenvalue weighted by Gasteiger charge is 2.29. The van der Waals surface area contributed by atoms with Gasteiger partial charge in [0.05, 0.1) is 18.6 Å². The molecule has 0 aliphatic carbocycles. The highest BCUT2D eigenvalue weighted by Crippen LogP contribution is 2.38.